The molecular weight excluding hydrogens is 326 g/mol. The number of nitrogen functional groups attached to an aromatic ring is 1. The summed E-state index contributed by atoms with van der Waals surface area (Å²) in [5, 5.41) is 3.73. The summed E-state index contributed by atoms with van der Waals surface area (Å²) < 4.78 is 5.41. The lowest BCUT2D eigenvalue weighted by Crippen LogP contribution is -2.37. The van der Waals surface area contributed by atoms with Crippen molar-refractivity contribution in [3.8, 4) is 5.75 Å². The standard InChI is InChI=1S/C18H20ClN3O2/c1-24-17-6-5-13(19)10-16(17)22-8-7-15(11-22)21-18(23)12-3-2-4-14(20)9-12/h2-6,9-10,15H,7-8,11,20H2,1H3,(H,21,23). The normalized spacial score (nSPS) is 16.9. The van der Waals surface area contributed by atoms with Crippen LogP contribution in [0.4, 0.5) is 11.4 Å². The molecule has 126 valence electrons. The molecule has 0 spiro atoms. The van der Waals surface area contributed by atoms with Crippen molar-refractivity contribution in [1.82, 2.24) is 5.32 Å². The molecule has 1 unspecified atom stereocenters. The minimum atomic E-state index is -0.104. The second-order valence-electron chi connectivity index (χ2n) is 5.85. The van der Waals surface area contributed by atoms with Gasteiger partial charge in [-0.1, -0.05) is 17.7 Å². The van der Waals surface area contributed by atoms with Gasteiger partial charge < -0.3 is 20.7 Å². The van der Waals surface area contributed by atoms with E-state index < -0.39 is 0 Å². The Morgan fingerprint density at radius 3 is 2.92 bits per heavy atom. The number of hydrogen-bond acceptors (Lipinski definition) is 4. The summed E-state index contributed by atoms with van der Waals surface area (Å²) in [6, 6.07) is 12.6. The molecule has 0 saturated carbocycles. The predicted octanol–water partition coefficient (Wildman–Crippen LogP) is 2.94. The van der Waals surface area contributed by atoms with Gasteiger partial charge in [0.05, 0.1) is 12.8 Å². The van der Waals surface area contributed by atoms with Gasteiger partial charge in [-0.3, -0.25) is 4.79 Å². The summed E-state index contributed by atoms with van der Waals surface area (Å²) in [5.41, 5.74) is 7.84. The number of hydrogen-bond donors (Lipinski definition) is 2. The number of ether oxygens (including phenoxy) is 1. The average Bonchev–Trinajstić information content (AvgIpc) is 3.03. The Bertz CT molecular complexity index is 751. The Balaban J connectivity index is 1.68. The van der Waals surface area contributed by atoms with Crippen LogP contribution in [0, 0.1) is 0 Å². The molecule has 0 aromatic heterocycles. The largest absolute Gasteiger partial charge is 0.495 e. The molecular formula is C18H20ClN3O2. The van der Waals surface area contributed by atoms with Crippen LogP contribution in [0.5, 0.6) is 5.75 Å². The van der Waals surface area contributed by atoms with Gasteiger partial charge >= 0.3 is 0 Å². The Morgan fingerprint density at radius 1 is 1.33 bits per heavy atom. The maximum atomic E-state index is 12.3. The molecule has 1 fully saturated rings. The third-order valence-corrected chi connectivity index (χ3v) is 4.39. The number of rotatable bonds is 4. The molecule has 1 atom stereocenters. The lowest BCUT2D eigenvalue weighted by Gasteiger charge is -2.21. The van der Waals surface area contributed by atoms with Crippen molar-refractivity contribution in [2.75, 3.05) is 30.8 Å². The summed E-state index contributed by atoms with van der Waals surface area (Å²) in [6.45, 7) is 1.54. The molecule has 2 aromatic carbocycles. The van der Waals surface area contributed by atoms with E-state index in [4.69, 9.17) is 22.1 Å². The SMILES string of the molecule is COc1ccc(Cl)cc1N1CCC(NC(=O)c2cccc(N)c2)C1. The van der Waals surface area contributed by atoms with Gasteiger partial charge in [-0.25, -0.2) is 0 Å². The van der Waals surface area contributed by atoms with Gasteiger partial charge in [-0.15, -0.1) is 0 Å². The summed E-state index contributed by atoms with van der Waals surface area (Å²) in [4.78, 5) is 14.5. The number of nitrogens with one attached hydrogen (secondary N) is 1. The zero-order chi connectivity index (χ0) is 17.1. The van der Waals surface area contributed by atoms with Gasteiger partial charge in [-0.05, 0) is 42.8 Å². The van der Waals surface area contributed by atoms with Gasteiger partial charge in [0.1, 0.15) is 5.75 Å². The molecule has 24 heavy (non-hydrogen) atoms. The van der Waals surface area contributed by atoms with Crippen LogP contribution in [-0.2, 0) is 0 Å². The quantitative estimate of drug-likeness (QED) is 0.836. The summed E-state index contributed by atoms with van der Waals surface area (Å²) in [5.74, 6) is 0.675. The van der Waals surface area contributed by atoms with Crippen molar-refractivity contribution in [2.45, 2.75) is 12.5 Å². The van der Waals surface area contributed by atoms with Gasteiger partial charge in [0.15, 0.2) is 0 Å². The van der Waals surface area contributed by atoms with Crippen LogP contribution in [0.2, 0.25) is 5.02 Å². The number of anilines is 2. The van der Waals surface area contributed by atoms with Crippen LogP contribution in [-0.4, -0.2) is 32.1 Å². The molecule has 1 aliphatic rings. The molecule has 1 heterocycles. The maximum Gasteiger partial charge on any atom is 0.251 e. The highest BCUT2D eigenvalue weighted by Gasteiger charge is 2.26. The number of nitrogens with zero attached hydrogens (tertiary/aromatic N) is 1. The first-order valence-electron chi connectivity index (χ1n) is 7.81. The number of nitrogens with two attached hydrogens (primary N) is 1. The van der Waals surface area contributed by atoms with E-state index >= 15 is 0 Å². The lowest BCUT2D eigenvalue weighted by atomic mass is 10.1. The minimum Gasteiger partial charge on any atom is -0.495 e. The number of halogens is 1. The first kappa shape index (κ1) is 16.5. The van der Waals surface area contributed by atoms with Crippen molar-refractivity contribution in [2.24, 2.45) is 0 Å². The minimum absolute atomic E-state index is 0.0719. The van der Waals surface area contributed by atoms with Crippen molar-refractivity contribution in [1.29, 1.82) is 0 Å². The molecule has 1 amide bonds. The maximum absolute atomic E-state index is 12.3. The van der Waals surface area contributed by atoms with E-state index in [9.17, 15) is 4.79 Å². The molecule has 1 aliphatic heterocycles. The number of benzene rings is 2. The highest BCUT2D eigenvalue weighted by atomic mass is 35.5. The molecule has 3 rings (SSSR count). The fourth-order valence-corrected chi connectivity index (χ4v) is 3.12. The fraction of sp³-hybridized carbons (Fsp3) is 0.278. The van der Waals surface area contributed by atoms with E-state index in [-0.39, 0.29) is 11.9 Å². The Morgan fingerprint density at radius 2 is 2.17 bits per heavy atom. The molecule has 5 nitrogen and oxygen atoms in total. The first-order valence-corrected chi connectivity index (χ1v) is 8.19. The van der Waals surface area contributed by atoms with E-state index in [0.717, 1.165) is 24.4 Å². The van der Waals surface area contributed by atoms with E-state index in [1.165, 1.54) is 0 Å². The van der Waals surface area contributed by atoms with Gasteiger partial charge in [-0.2, -0.15) is 0 Å². The molecule has 0 aliphatic carbocycles. The molecule has 0 bridgehead atoms. The topological polar surface area (TPSA) is 67.6 Å². The van der Waals surface area contributed by atoms with Crippen molar-refractivity contribution >= 4 is 28.9 Å². The van der Waals surface area contributed by atoms with E-state index in [1.807, 2.05) is 12.1 Å². The zero-order valence-corrected chi connectivity index (χ0v) is 14.2. The fourth-order valence-electron chi connectivity index (χ4n) is 2.96. The van der Waals surface area contributed by atoms with Crippen LogP contribution in [0.1, 0.15) is 16.8 Å². The van der Waals surface area contributed by atoms with Crippen LogP contribution in [0.25, 0.3) is 0 Å². The summed E-state index contributed by atoms with van der Waals surface area (Å²) in [6.07, 6.45) is 0.865. The molecule has 3 N–H and O–H groups in total. The third kappa shape index (κ3) is 3.57. The second kappa shape index (κ2) is 7.01. The van der Waals surface area contributed by atoms with E-state index in [1.54, 1.807) is 37.4 Å². The van der Waals surface area contributed by atoms with Crippen molar-refractivity contribution in [3.05, 3.63) is 53.1 Å². The first-order chi connectivity index (χ1) is 11.6. The highest BCUT2D eigenvalue weighted by molar-refractivity contribution is 6.30. The van der Waals surface area contributed by atoms with Gasteiger partial charge in [0, 0.05) is 35.4 Å². The van der Waals surface area contributed by atoms with E-state index in [0.29, 0.717) is 22.8 Å². The van der Waals surface area contributed by atoms with E-state index in [2.05, 4.69) is 10.2 Å². The van der Waals surface area contributed by atoms with Gasteiger partial charge in [0.2, 0.25) is 0 Å². The van der Waals surface area contributed by atoms with Crippen LogP contribution in [0.3, 0.4) is 0 Å². The highest BCUT2D eigenvalue weighted by Crippen LogP contribution is 2.33. The van der Waals surface area contributed by atoms with Crippen LogP contribution >= 0.6 is 11.6 Å². The van der Waals surface area contributed by atoms with Crippen LogP contribution < -0.4 is 20.7 Å². The van der Waals surface area contributed by atoms with Crippen molar-refractivity contribution < 1.29 is 9.53 Å². The van der Waals surface area contributed by atoms with Crippen LogP contribution in [0.15, 0.2) is 42.5 Å². The molecule has 2 aromatic rings. The monoisotopic (exact) mass is 345 g/mol. The lowest BCUT2D eigenvalue weighted by molar-refractivity contribution is 0.0940. The summed E-state index contributed by atoms with van der Waals surface area (Å²) >= 11 is 6.10. The number of carbonyl (C=O) groups is 1. The molecule has 6 heteroatoms. The van der Waals surface area contributed by atoms with Crippen molar-refractivity contribution in [3.63, 3.8) is 0 Å². The number of methoxy groups -OCH3 is 1. The molecule has 1 saturated heterocycles. The Kier molecular flexibility index (Phi) is 4.81. The average molecular weight is 346 g/mol. The Labute approximate surface area is 146 Å². The third-order valence-electron chi connectivity index (χ3n) is 4.15. The Hall–Kier alpha value is -2.40. The number of carbonyl (C=O) groups excluding carboxylic acids is 1. The molecule has 0 radical (unpaired) electrons. The smallest absolute Gasteiger partial charge is 0.251 e. The number of amides is 1. The summed E-state index contributed by atoms with van der Waals surface area (Å²) in [7, 11) is 1.64. The predicted molar refractivity (Wildman–Crippen MR) is 96.9 cm³/mol. The van der Waals surface area contributed by atoms with Gasteiger partial charge in [0.25, 0.3) is 5.91 Å². The zero-order valence-electron chi connectivity index (χ0n) is 13.5. The second-order valence-corrected chi connectivity index (χ2v) is 6.28.